The van der Waals surface area contributed by atoms with Crippen molar-refractivity contribution in [1.82, 2.24) is 21.3 Å². The van der Waals surface area contributed by atoms with Crippen molar-refractivity contribution < 1.29 is 0 Å². The molecule has 2 aliphatic rings. The molecule has 0 spiro atoms. The van der Waals surface area contributed by atoms with E-state index in [-0.39, 0.29) is 0 Å². The van der Waals surface area contributed by atoms with Crippen LogP contribution in [-0.2, 0) is 0 Å². The minimum absolute atomic E-state index is 0.584. The summed E-state index contributed by atoms with van der Waals surface area (Å²) >= 11 is 0. The van der Waals surface area contributed by atoms with E-state index in [1.165, 1.54) is 51.6 Å². The first-order chi connectivity index (χ1) is 9.77. The molecule has 0 unspecified atom stereocenters. The predicted molar refractivity (Wildman–Crippen MR) is 86.2 cm³/mol. The Hall–Kier alpha value is -0.160. The van der Waals surface area contributed by atoms with Crippen LogP contribution in [0.3, 0.4) is 0 Å². The second kappa shape index (κ2) is 8.98. The van der Waals surface area contributed by atoms with Crippen LogP contribution >= 0.6 is 0 Å². The standard InChI is InChI=1S/C16H34N4/c1-13(15-7-3-5-9-19-15)17-11-12-18-14(2)16-8-4-6-10-20-16/h13-20H,3-12H2,1-2H3/t13-,14+,15-,16-/m0/s1. The van der Waals surface area contributed by atoms with Crippen LogP contribution in [-0.4, -0.2) is 50.3 Å². The highest BCUT2D eigenvalue weighted by Crippen LogP contribution is 2.11. The summed E-state index contributed by atoms with van der Waals surface area (Å²) in [5.74, 6) is 0. The van der Waals surface area contributed by atoms with Crippen LogP contribution in [0.15, 0.2) is 0 Å². The molecule has 4 nitrogen and oxygen atoms in total. The van der Waals surface area contributed by atoms with Crippen molar-refractivity contribution in [2.24, 2.45) is 0 Å². The van der Waals surface area contributed by atoms with Gasteiger partial charge in [-0.25, -0.2) is 0 Å². The van der Waals surface area contributed by atoms with Gasteiger partial charge in [-0.1, -0.05) is 12.8 Å². The average Bonchev–Trinajstić information content (AvgIpc) is 2.53. The summed E-state index contributed by atoms with van der Waals surface area (Å²) in [6.07, 6.45) is 8.10. The molecule has 0 aromatic carbocycles. The van der Waals surface area contributed by atoms with E-state index in [9.17, 15) is 0 Å². The molecule has 0 bridgehead atoms. The van der Waals surface area contributed by atoms with Crippen molar-refractivity contribution in [1.29, 1.82) is 0 Å². The molecule has 0 amide bonds. The third-order valence-electron chi connectivity index (χ3n) is 4.96. The molecule has 0 saturated carbocycles. The summed E-state index contributed by atoms with van der Waals surface area (Å²) in [7, 11) is 0. The van der Waals surface area contributed by atoms with Gasteiger partial charge in [-0.3, -0.25) is 0 Å². The van der Waals surface area contributed by atoms with E-state index >= 15 is 0 Å². The van der Waals surface area contributed by atoms with Gasteiger partial charge in [0.2, 0.25) is 0 Å². The van der Waals surface area contributed by atoms with E-state index < -0.39 is 0 Å². The lowest BCUT2D eigenvalue weighted by Crippen LogP contribution is -2.52. The van der Waals surface area contributed by atoms with Gasteiger partial charge in [0.15, 0.2) is 0 Å². The van der Waals surface area contributed by atoms with Gasteiger partial charge in [-0.05, 0) is 52.6 Å². The molecule has 4 N–H and O–H groups in total. The highest BCUT2D eigenvalue weighted by atomic mass is 15.1. The van der Waals surface area contributed by atoms with Gasteiger partial charge >= 0.3 is 0 Å². The number of hydrogen-bond donors (Lipinski definition) is 4. The molecule has 2 saturated heterocycles. The van der Waals surface area contributed by atoms with Crippen molar-refractivity contribution in [2.45, 2.75) is 76.5 Å². The molecule has 4 atom stereocenters. The maximum Gasteiger partial charge on any atom is 0.0218 e. The minimum Gasteiger partial charge on any atom is -0.312 e. The number of piperidine rings is 2. The first-order valence-electron chi connectivity index (χ1n) is 8.71. The lowest BCUT2D eigenvalue weighted by atomic mass is 9.99. The highest BCUT2D eigenvalue weighted by Gasteiger charge is 2.20. The molecule has 0 radical (unpaired) electrons. The summed E-state index contributed by atoms with van der Waals surface area (Å²) in [5, 5.41) is 14.6. The molecule has 2 rings (SSSR count). The van der Waals surface area contributed by atoms with Crippen LogP contribution in [0.1, 0.15) is 52.4 Å². The Morgan fingerprint density at radius 3 is 1.60 bits per heavy atom. The fourth-order valence-corrected chi connectivity index (χ4v) is 3.50. The quantitative estimate of drug-likeness (QED) is 0.531. The van der Waals surface area contributed by atoms with E-state index in [0.717, 1.165) is 13.1 Å². The van der Waals surface area contributed by atoms with E-state index in [0.29, 0.717) is 24.2 Å². The van der Waals surface area contributed by atoms with E-state index in [2.05, 4.69) is 35.1 Å². The SMILES string of the molecule is C[C@H](NCCN[C@H](C)[C@@H]1CCCCN1)[C@@H]1CCCCN1. The van der Waals surface area contributed by atoms with Crippen molar-refractivity contribution in [3.8, 4) is 0 Å². The first-order valence-corrected chi connectivity index (χ1v) is 8.71. The Morgan fingerprint density at radius 2 is 1.25 bits per heavy atom. The molecule has 2 heterocycles. The van der Waals surface area contributed by atoms with Gasteiger partial charge in [0.25, 0.3) is 0 Å². The highest BCUT2D eigenvalue weighted by molar-refractivity contribution is 4.84. The summed E-state index contributed by atoms with van der Waals surface area (Å²) < 4.78 is 0. The Kier molecular flexibility index (Phi) is 7.28. The third kappa shape index (κ3) is 5.32. The van der Waals surface area contributed by atoms with Crippen molar-refractivity contribution >= 4 is 0 Å². The minimum atomic E-state index is 0.584. The topological polar surface area (TPSA) is 48.1 Å². The van der Waals surface area contributed by atoms with Gasteiger partial charge in [0.05, 0.1) is 0 Å². The van der Waals surface area contributed by atoms with Crippen molar-refractivity contribution in [2.75, 3.05) is 26.2 Å². The Labute approximate surface area is 124 Å². The Bertz CT molecular complexity index is 221. The average molecular weight is 282 g/mol. The van der Waals surface area contributed by atoms with E-state index in [4.69, 9.17) is 0 Å². The van der Waals surface area contributed by atoms with Crippen LogP contribution in [0.2, 0.25) is 0 Å². The van der Waals surface area contributed by atoms with Crippen molar-refractivity contribution in [3.63, 3.8) is 0 Å². The molecule has 0 aliphatic carbocycles. The third-order valence-corrected chi connectivity index (χ3v) is 4.96. The van der Waals surface area contributed by atoms with Gasteiger partial charge < -0.3 is 21.3 Å². The molecular formula is C16H34N4. The molecule has 0 aromatic rings. The number of hydrogen-bond acceptors (Lipinski definition) is 4. The molecule has 0 aromatic heterocycles. The van der Waals surface area contributed by atoms with Crippen LogP contribution in [0, 0.1) is 0 Å². The van der Waals surface area contributed by atoms with Crippen LogP contribution in [0.25, 0.3) is 0 Å². The lowest BCUT2D eigenvalue weighted by Gasteiger charge is -2.31. The molecule has 118 valence electrons. The summed E-state index contributed by atoms with van der Waals surface area (Å²) in [4.78, 5) is 0. The van der Waals surface area contributed by atoms with E-state index in [1.54, 1.807) is 0 Å². The van der Waals surface area contributed by atoms with E-state index in [1.807, 2.05) is 0 Å². The molecular weight excluding hydrogens is 248 g/mol. The Morgan fingerprint density at radius 1 is 0.800 bits per heavy atom. The number of rotatable bonds is 7. The maximum atomic E-state index is 3.67. The second-order valence-corrected chi connectivity index (χ2v) is 6.60. The summed E-state index contributed by atoms with van der Waals surface area (Å²) in [6, 6.07) is 2.50. The molecule has 2 fully saturated rings. The fraction of sp³-hybridized carbons (Fsp3) is 1.00. The maximum absolute atomic E-state index is 3.67. The normalized spacial score (nSPS) is 30.9. The number of nitrogens with one attached hydrogen (secondary N) is 4. The van der Waals surface area contributed by atoms with Crippen LogP contribution in [0.5, 0.6) is 0 Å². The largest absolute Gasteiger partial charge is 0.312 e. The van der Waals surface area contributed by atoms with Gasteiger partial charge in [-0.15, -0.1) is 0 Å². The predicted octanol–water partition coefficient (Wildman–Crippen LogP) is 1.23. The monoisotopic (exact) mass is 282 g/mol. The van der Waals surface area contributed by atoms with Gasteiger partial charge in [-0.2, -0.15) is 0 Å². The summed E-state index contributed by atoms with van der Waals surface area (Å²) in [5.41, 5.74) is 0. The van der Waals surface area contributed by atoms with Crippen LogP contribution < -0.4 is 21.3 Å². The molecule has 20 heavy (non-hydrogen) atoms. The van der Waals surface area contributed by atoms with Crippen molar-refractivity contribution in [3.05, 3.63) is 0 Å². The zero-order chi connectivity index (χ0) is 14.2. The zero-order valence-electron chi connectivity index (χ0n) is 13.4. The zero-order valence-corrected chi connectivity index (χ0v) is 13.4. The lowest BCUT2D eigenvalue weighted by molar-refractivity contribution is 0.308. The molecule has 4 heteroatoms. The Balaban J connectivity index is 1.53. The smallest absolute Gasteiger partial charge is 0.0218 e. The summed E-state index contributed by atoms with van der Waals surface area (Å²) in [6.45, 7) is 9.15. The fourth-order valence-electron chi connectivity index (χ4n) is 3.50. The van der Waals surface area contributed by atoms with Gasteiger partial charge in [0.1, 0.15) is 0 Å². The first kappa shape index (κ1) is 16.2. The van der Waals surface area contributed by atoms with Gasteiger partial charge in [0, 0.05) is 37.3 Å². The molecule has 2 aliphatic heterocycles. The second-order valence-electron chi connectivity index (χ2n) is 6.60. The van der Waals surface area contributed by atoms with Crippen LogP contribution in [0.4, 0.5) is 0 Å².